The van der Waals surface area contributed by atoms with Gasteiger partial charge in [-0.15, -0.1) is 0 Å². The fourth-order valence-corrected chi connectivity index (χ4v) is 1.52. The van der Waals surface area contributed by atoms with Crippen molar-refractivity contribution in [1.29, 1.82) is 0 Å². The van der Waals surface area contributed by atoms with Crippen molar-refractivity contribution in [2.45, 2.75) is 72.9 Å². The third-order valence-electron chi connectivity index (χ3n) is 3.35. The van der Waals surface area contributed by atoms with Crippen LogP contribution in [0.1, 0.15) is 60.8 Å². The van der Waals surface area contributed by atoms with Crippen LogP contribution in [0.25, 0.3) is 0 Å². The molecule has 2 unspecified atom stereocenters. The predicted molar refractivity (Wildman–Crippen MR) is 74.0 cm³/mol. The van der Waals surface area contributed by atoms with Crippen LogP contribution in [-0.4, -0.2) is 24.5 Å². The van der Waals surface area contributed by atoms with Crippen LogP contribution < -0.4 is 10.6 Å². The van der Waals surface area contributed by atoms with E-state index in [9.17, 15) is 4.79 Å². The highest BCUT2D eigenvalue weighted by Crippen LogP contribution is 2.17. The molecule has 3 heteroatoms. The molecule has 0 aliphatic heterocycles. The summed E-state index contributed by atoms with van der Waals surface area (Å²) in [5, 5.41) is 6.34. The molecule has 1 amide bonds. The van der Waals surface area contributed by atoms with Crippen molar-refractivity contribution >= 4 is 5.91 Å². The van der Waals surface area contributed by atoms with Crippen LogP contribution in [0.5, 0.6) is 0 Å². The van der Waals surface area contributed by atoms with Crippen molar-refractivity contribution in [2.75, 3.05) is 6.54 Å². The number of hydrogen-bond acceptors (Lipinski definition) is 2. The normalized spacial score (nSPS) is 15.4. The molecule has 0 aliphatic carbocycles. The second-order valence-corrected chi connectivity index (χ2v) is 5.82. The van der Waals surface area contributed by atoms with Gasteiger partial charge < -0.3 is 10.6 Å². The molecule has 17 heavy (non-hydrogen) atoms. The van der Waals surface area contributed by atoms with Gasteiger partial charge >= 0.3 is 0 Å². The first-order valence-corrected chi connectivity index (χ1v) is 6.86. The van der Waals surface area contributed by atoms with E-state index in [0.29, 0.717) is 0 Å². The lowest BCUT2D eigenvalue weighted by Crippen LogP contribution is -2.47. The smallest absolute Gasteiger partial charge is 0.237 e. The Balaban J connectivity index is 3.98. The highest BCUT2D eigenvalue weighted by molar-refractivity contribution is 5.81. The molecule has 0 bridgehead atoms. The Morgan fingerprint density at radius 2 is 1.82 bits per heavy atom. The van der Waals surface area contributed by atoms with E-state index in [1.165, 1.54) is 0 Å². The summed E-state index contributed by atoms with van der Waals surface area (Å²) >= 11 is 0. The van der Waals surface area contributed by atoms with Crippen LogP contribution in [0, 0.1) is 5.41 Å². The lowest BCUT2D eigenvalue weighted by atomic mass is 9.90. The SMILES string of the molecule is CCCC(C)NC(=O)C(C)NCC(C)(C)CC. The largest absolute Gasteiger partial charge is 0.352 e. The van der Waals surface area contributed by atoms with Crippen molar-refractivity contribution in [3.63, 3.8) is 0 Å². The molecule has 0 aromatic rings. The maximum Gasteiger partial charge on any atom is 0.237 e. The zero-order valence-corrected chi connectivity index (χ0v) is 12.4. The molecule has 0 saturated heterocycles. The zero-order chi connectivity index (χ0) is 13.5. The van der Waals surface area contributed by atoms with Gasteiger partial charge in [0.15, 0.2) is 0 Å². The number of hydrogen-bond donors (Lipinski definition) is 2. The van der Waals surface area contributed by atoms with Crippen molar-refractivity contribution in [2.24, 2.45) is 5.41 Å². The van der Waals surface area contributed by atoms with E-state index in [1.54, 1.807) is 0 Å². The van der Waals surface area contributed by atoms with Gasteiger partial charge in [-0.3, -0.25) is 4.79 Å². The Bertz CT molecular complexity index is 226. The first kappa shape index (κ1) is 16.4. The summed E-state index contributed by atoms with van der Waals surface area (Å²) in [6.07, 6.45) is 3.26. The van der Waals surface area contributed by atoms with E-state index in [-0.39, 0.29) is 23.4 Å². The average Bonchev–Trinajstić information content (AvgIpc) is 2.26. The van der Waals surface area contributed by atoms with E-state index >= 15 is 0 Å². The van der Waals surface area contributed by atoms with Crippen molar-refractivity contribution < 1.29 is 4.79 Å². The molecule has 0 heterocycles. The Kier molecular flexibility index (Phi) is 7.44. The number of carbonyl (C=O) groups excluding carboxylic acids is 1. The molecular weight excluding hydrogens is 212 g/mol. The summed E-state index contributed by atoms with van der Waals surface area (Å²) < 4.78 is 0. The minimum Gasteiger partial charge on any atom is -0.352 e. The van der Waals surface area contributed by atoms with E-state index in [0.717, 1.165) is 25.8 Å². The molecule has 2 N–H and O–H groups in total. The van der Waals surface area contributed by atoms with Crippen LogP contribution in [0.15, 0.2) is 0 Å². The molecular formula is C14H30N2O. The average molecular weight is 242 g/mol. The third-order valence-corrected chi connectivity index (χ3v) is 3.35. The summed E-state index contributed by atoms with van der Waals surface area (Å²) in [6.45, 7) is 13.6. The minimum atomic E-state index is -0.111. The summed E-state index contributed by atoms with van der Waals surface area (Å²) in [5.41, 5.74) is 0.254. The van der Waals surface area contributed by atoms with Gasteiger partial charge in [0, 0.05) is 12.6 Å². The van der Waals surface area contributed by atoms with Crippen LogP contribution >= 0.6 is 0 Å². The second kappa shape index (κ2) is 7.70. The molecule has 3 nitrogen and oxygen atoms in total. The van der Waals surface area contributed by atoms with Crippen molar-refractivity contribution in [3.8, 4) is 0 Å². The van der Waals surface area contributed by atoms with Crippen molar-refractivity contribution in [3.05, 3.63) is 0 Å². The van der Waals surface area contributed by atoms with Gasteiger partial charge in [0.05, 0.1) is 6.04 Å². The van der Waals surface area contributed by atoms with E-state index in [1.807, 2.05) is 6.92 Å². The molecule has 0 spiro atoms. The first-order chi connectivity index (χ1) is 7.82. The summed E-state index contributed by atoms with van der Waals surface area (Å²) in [6, 6.07) is 0.163. The molecule has 102 valence electrons. The van der Waals surface area contributed by atoms with Gasteiger partial charge in [-0.25, -0.2) is 0 Å². The molecule has 0 aromatic carbocycles. The van der Waals surface area contributed by atoms with Gasteiger partial charge in [-0.05, 0) is 32.1 Å². The quantitative estimate of drug-likeness (QED) is 0.687. The molecule has 0 aromatic heterocycles. The lowest BCUT2D eigenvalue weighted by Gasteiger charge is -2.26. The maximum absolute atomic E-state index is 11.9. The van der Waals surface area contributed by atoms with Crippen LogP contribution in [0.3, 0.4) is 0 Å². The van der Waals surface area contributed by atoms with Crippen LogP contribution in [-0.2, 0) is 4.79 Å². The lowest BCUT2D eigenvalue weighted by molar-refractivity contribution is -0.123. The second-order valence-electron chi connectivity index (χ2n) is 5.82. The number of carbonyl (C=O) groups is 1. The van der Waals surface area contributed by atoms with E-state index in [2.05, 4.69) is 45.3 Å². The third kappa shape index (κ3) is 7.37. The number of amides is 1. The predicted octanol–water partition coefficient (Wildman–Crippen LogP) is 2.71. The first-order valence-electron chi connectivity index (χ1n) is 6.86. The standard InChI is InChI=1S/C14H30N2O/c1-7-9-11(3)16-13(17)12(4)15-10-14(5,6)8-2/h11-12,15H,7-10H2,1-6H3,(H,16,17). The Morgan fingerprint density at radius 1 is 1.24 bits per heavy atom. The Morgan fingerprint density at radius 3 is 2.29 bits per heavy atom. The topological polar surface area (TPSA) is 41.1 Å². The number of nitrogens with one attached hydrogen (secondary N) is 2. The van der Waals surface area contributed by atoms with E-state index in [4.69, 9.17) is 0 Å². The van der Waals surface area contributed by atoms with Gasteiger partial charge in [0.2, 0.25) is 5.91 Å². The molecule has 0 radical (unpaired) electrons. The highest BCUT2D eigenvalue weighted by atomic mass is 16.2. The fraction of sp³-hybridized carbons (Fsp3) is 0.929. The minimum absolute atomic E-state index is 0.109. The van der Waals surface area contributed by atoms with Crippen LogP contribution in [0.2, 0.25) is 0 Å². The van der Waals surface area contributed by atoms with Gasteiger partial charge in [-0.2, -0.15) is 0 Å². The van der Waals surface area contributed by atoms with Crippen LogP contribution in [0.4, 0.5) is 0 Å². The van der Waals surface area contributed by atoms with E-state index < -0.39 is 0 Å². The molecule has 0 saturated carbocycles. The number of rotatable bonds is 8. The highest BCUT2D eigenvalue weighted by Gasteiger charge is 2.19. The molecule has 0 aliphatic rings. The Labute approximate surface area is 107 Å². The maximum atomic E-state index is 11.9. The fourth-order valence-electron chi connectivity index (χ4n) is 1.52. The monoisotopic (exact) mass is 242 g/mol. The Hall–Kier alpha value is -0.570. The van der Waals surface area contributed by atoms with Gasteiger partial charge in [0.25, 0.3) is 0 Å². The van der Waals surface area contributed by atoms with Crippen molar-refractivity contribution in [1.82, 2.24) is 10.6 Å². The van der Waals surface area contributed by atoms with Gasteiger partial charge in [0.1, 0.15) is 0 Å². The molecule has 0 rings (SSSR count). The van der Waals surface area contributed by atoms with Gasteiger partial charge in [-0.1, -0.05) is 34.1 Å². The molecule has 0 fully saturated rings. The molecule has 2 atom stereocenters. The summed E-state index contributed by atoms with van der Waals surface area (Å²) in [7, 11) is 0. The summed E-state index contributed by atoms with van der Waals surface area (Å²) in [5.74, 6) is 0.109. The summed E-state index contributed by atoms with van der Waals surface area (Å²) in [4.78, 5) is 11.9. The zero-order valence-electron chi connectivity index (χ0n) is 12.4.